The van der Waals surface area contributed by atoms with E-state index in [1.807, 2.05) is 32.0 Å². The molecular weight excluding hydrogens is 198 g/mol. The number of carbonyl (C=O) groups excluding carboxylic acids is 1. The second kappa shape index (κ2) is 4.58. The SMILES string of the molecule is Cc1cc(C(=O)CN(C)C)ccc1Cl. The van der Waals surface area contributed by atoms with Crippen LogP contribution in [0.2, 0.25) is 5.02 Å². The molecule has 3 heteroatoms. The molecule has 1 aromatic carbocycles. The number of hydrogen-bond acceptors (Lipinski definition) is 2. The number of carbonyl (C=O) groups is 1. The topological polar surface area (TPSA) is 20.3 Å². The summed E-state index contributed by atoms with van der Waals surface area (Å²) in [5.41, 5.74) is 1.66. The van der Waals surface area contributed by atoms with E-state index < -0.39 is 0 Å². The molecule has 0 aliphatic rings. The molecule has 0 amide bonds. The average molecular weight is 212 g/mol. The summed E-state index contributed by atoms with van der Waals surface area (Å²) in [7, 11) is 3.75. The molecule has 0 atom stereocenters. The summed E-state index contributed by atoms with van der Waals surface area (Å²) in [6, 6.07) is 5.36. The summed E-state index contributed by atoms with van der Waals surface area (Å²) >= 11 is 5.87. The van der Waals surface area contributed by atoms with Gasteiger partial charge in [-0.1, -0.05) is 11.6 Å². The van der Waals surface area contributed by atoms with Crippen molar-refractivity contribution in [2.45, 2.75) is 6.92 Å². The molecule has 0 aliphatic heterocycles. The van der Waals surface area contributed by atoms with Crippen LogP contribution in [0.4, 0.5) is 0 Å². The van der Waals surface area contributed by atoms with E-state index in [2.05, 4.69) is 0 Å². The number of halogens is 1. The van der Waals surface area contributed by atoms with Crippen molar-refractivity contribution in [2.75, 3.05) is 20.6 Å². The fourth-order valence-electron chi connectivity index (χ4n) is 1.20. The van der Waals surface area contributed by atoms with E-state index in [1.165, 1.54) is 0 Å². The van der Waals surface area contributed by atoms with Gasteiger partial charge in [-0.3, -0.25) is 4.79 Å². The van der Waals surface area contributed by atoms with E-state index >= 15 is 0 Å². The average Bonchev–Trinajstić information content (AvgIpc) is 2.08. The lowest BCUT2D eigenvalue weighted by Gasteiger charge is -2.08. The lowest BCUT2D eigenvalue weighted by atomic mass is 10.1. The van der Waals surface area contributed by atoms with Crippen LogP contribution in [0.15, 0.2) is 18.2 Å². The zero-order valence-electron chi connectivity index (χ0n) is 8.67. The Morgan fingerprint density at radius 3 is 2.57 bits per heavy atom. The van der Waals surface area contributed by atoms with Crippen LogP contribution >= 0.6 is 11.6 Å². The first-order valence-electron chi connectivity index (χ1n) is 4.45. The van der Waals surface area contributed by atoms with E-state index in [-0.39, 0.29) is 5.78 Å². The number of hydrogen-bond donors (Lipinski definition) is 0. The molecule has 14 heavy (non-hydrogen) atoms. The molecule has 2 nitrogen and oxygen atoms in total. The minimum absolute atomic E-state index is 0.120. The smallest absolute Gasteiger partial charge is 0.176 e. The number of ketones is 1. The number of aryl methyl sites for hydroxylation is 1. The molecule has 0 fully saturated rings. The quantitative estimate of drug-likeness (QED) is 0.716. The Kier molecular flexibility index (Phi) is 3.67. The van der Waals surface area contributed by atoms with Crippen molar-refractivity contribution in [1.29, 1.82) is 0 Å². The van der Waals surface area contributed by atoms with Gasteiger partial charge in [0.1, 0.15) is 0 Å². The maximum Gasteiger partial charge on any atom is 0.176 e. The normalized spacial score (nSPS) is 10.6. The van der Waals surface area contributed by atoms with Gasteiger partial charge in [-0.05, 0) is 44.8 Å². The molecule has 0 saturated carbocycles. The molecule has 76 valence electrons. The van der Waals surface area contributed by atoms with Crippen LogP contribution in [0.1, 0.15) is 15.9 Å². The van der Waals surface area contributed by atoms with Crippen molar-refractivity contribution in [3.8, 4) is 0 Å². The molecule has 0 heterocycles. The number of rotatable bonds is 3. The lowest BCUT2D eigenvalue weighted by Crippen LogP contribution is -2.21. The van der Waals surface area contributed by atoms with Gasteiger partial charge < -0.3 is 4.90 Å². The van der Waals surface area contributed by atoms with Crippen LogP contribution in [0.3, 0.4) is 0 Å². The van der Waals surface area contributed by atoms with Gasteiger partial charge in [0.05, 0.1) is 6.54 Å². The van der Waals surface area contributed by atoms with Crippen molar-refractivity contribution >= 4 is 17.4 Å². The summed E-state index contributed by atoms with van der Waals surface area (Å²) < 4.78 is 0. The van der Waals surface area contributed by atoms with Gasteiger partial charge in [0, 0.05) is 10.6 Å². The molecule has 0 aliphatic carbocycles. The second-order valence-corrected chi connectivity index (χ2v) is 4.03. The minimum atomic E-state index is 0.120. The van der Waals surface area contributed by atoms with E-state index in [9.17, 15) is 4.79 Å². The van der Waals surface area contributed by atoms with Crippen LogP contribution in [-0.4, -0.2) is 31.3 Å². The third-order valence-electron chi connectivity index (χ3n) is 1.94. The van der Waals surface area contributed by atoms with Crippen LogP contribution in [0, 0.1) is 6.92 Å². The predicted octanol–water partition coefficient (Wildman–Crippen LogP) is 2.39. The molecule has 0 spiro atoms. The maximum absolute atomic E-state index is 11.6. The first-order chi connectivity index (χ1) is 6.50. The molecule has 0 unspecified atom stereocenters. The molecule has 0 saturated heterocycles. The van der Waals surface area contributed by atoms with Gasteiger partial charge >= 0.3 is 0 Å². The Morgan fingerprint density at radius 1 is 1.43 bits per heavy atom. The Labute approximate surface area is 89.5 Å². The number of Topliss-reactive ketones (excluding diaryl/α,β-unsaturated/α-hetero) is 1. The summed E-state index contributed by atoms with van der Waals surface area (Å²) in [5.74, 6) is 0.120. The molecule has 0 radical (unpaired) electrons. The number of nitrogens with zero attached hydrogens (tertiary/aromatic N) is 1. The lowest BCUT2D eigenvalue weighted by molar-refractivity contribution is 0.0958. The summed E-state index contributed by atoms with van der Waals surface area (Å²) in [6.07, 6.45) is 0. The summed E-state index contributed by atoms with van der Waals surface area (Å²) in [6.45, 7) is 2.33. The Hall–Kier alpha value is -0.860. The van der Waals surface area contributed by atoms with E-state index in [0.29, 0.717) is 11.6 Å². The maximum atomic E-state index is 11.6. The van der Waals surface area contributed by atoms with Gasteiger partial charge in [0.2, 0.25) is 0 Å². The highest BCUT2D eigenvalue weighted by atomic mass is 35.5. The molecular formula is C11H14ClNO. The van der Waals surface area contributed by atoms with Crippen molar-refractivity contribution in [3.63, 3.8) is 0 Å². The summed E-state index contributed by atoms with van der Waals surface area (Å²) in [4.78, 5) is 13.5. The minimum Gasteiger partial charge on any atom is -0.302 e. The van der Waals surface area contributed by atoms with Crippen molar-refractivity contribution in [1.82, 2.24) is 4.90 Å². The van der Waals surface area contributed by atoms with Crippen LogP contribution in [0.25, 0.3) is 0 Å². The van der Waals surface area contributed by atoms with Gasteiger partial charge in [-0.25, -0.2) is 0 Å². The van der Waals surface area contributed by atoms with Crippen molar-refractivity contribution in [2.24, 2.45) is 0 Å². The second-order valence-electron chi connectivity index (χ2n) is 3.62. The Balaban J connectivity index is 2.86. The van der Waals surface area contributed by atoms with Crippen molar-refractivity contribution < 1.29 is 4.79 Å². The monoisotopic (exact) mass is 211 g/mol. The zero-order valence-corrected chi connectivity index (χ0v) is 9.43. The molecule has 0 bridgehead atoms. The molecule has 0 N–H and O–H groups in total. The van der Waals surface area contributed by atoms with Crippen LogP contribution < -0.4 is 0 Å². The van der Waals surface area contributed by atoms with Gasteiger partial charge in [-0.15, -0.1) is 0 Å². The standard InChI is InChI=1S/C11H14ClNO/c1-8-6-9(4-5-10(8)12)11(14)7-13(2)3/h4-6H,7H2,1-3H3. The Morgan fingerprint density at radius 2 is 2.07 bits per heavy atom. The van der Waals surface area contributed by atoms with Gasteiger partial charge in [0.25, 0.3) is 0 Å². The zero-order chi connectivity index (χ0) is 10.7. The highest BCUT2D eigenvalue weighted by molar-refractivity contribution is 6.31. The Bertz CT molecular complexity index is 347. The highest BCUT2D eigenvalue weighted by Crippen LogP contribution is 2.16. The van der Waals surface area contributed by atoms with Gasteiger partial charge in [-0.2, -0.15) is 0 Å². The highest BCUT2D eigenvalue weighted by Gasteiger charge is 2.07. The van der Waals surface area contributed by atoms with E-state index in [4.69, 9.17) is 11.6 Å². The number of likely N-dealkylation sites (N-methyl/N-ethyl adjacent to an activating group) is 1. The van der Waals surface area contributed by atoms with Gasteiger partial charge in [0.15, 0.2) is 5.78 Å². The third kappa shape index (κ3) is 2.82. The first-order valence-corrected chi connectivity index (χ1v) is 4.82. The fraction of sp³-hybridized carbons (Fsp3) is 0.364. The van der Waals surface area contributed by atoms with Crippen molar-refractivity contribution in [3.05, 3.63) is 34.3 Å². The third-order valence-corrected chi connectivity index (χ3v) is 2.36. The molecule has 0 aromatic heterocycles. The predicted molar refractivity (Wildman–Crippen MR) is 59.1 cm³/mol. The largest absolute Gasteiger partial charge is 0.302 e. The van der Waals surface area contributed by atoms with Crippen LogP contribution in [-0.2, 0) is 0 Å². The molecule has 1 aromatic rings. The number of benzene rings is 1. The first kappa shape index (κ1) is 11.2. The van der Waals surface area contributed by atoms with E-state index in [1.54, 1.807) is 12.1 Å². The fourth-order valence-corrected chi connectivity index (χ4v) is 1.31. The van der Waals surface area contributed by atoms with Crippen LogP contribution in [0.5, 0.6) is 0 Å². The van der Waals surface area contributed by atoms with E-state index in [0.717, 1.165) is 11.1 Å². The molecule has 1 rings (SSSR count). The summed E-state index contributed by atoms with van der Waals surface area (Å²) in [5, 5.41) is 0.700.